The smallest absolute Gasteiger partial charge is 0.409 e. The Bertz CT molecular complexity index is 297. The maximum atomic E-state index is 12.2. The first-order chi connectivity index (χ1) is 8.85. The molecule has 1 saturated heterocycles. The van der Waals surface area contributed by atoms with E-state index in [2.05, 4.69) is 10.1 Å². The molecule has 0 aromatic rings. The SMILES string of the molecule is CCCC1CC(NCC(F)(F)F)CN(C(=O)OC)C1. The topological polar surface area (TPSA) is 41.6 Å². The van der Waals surface area contributed by atoms with Crippen LogP contribution in [0.1, 0.15) is 26.2 Å². The van der Waals surface area contributed by atoms with Crippen molar-refractivity contribution >= 4 is 6.09 Å². The van der Waals surface area contributed by atoms with Crippen molar-refractivity contribution in [1.29, 1.82) is 0 Å². The third-order valence-electron chi connectivity index (χ3n) is 3.26. The highest BCUT2D eigenvalue weighted by Crippen LogP contribution is 2.23. The Morgan fingerprint density at radius 3 is 2.63 bits per heavy atom. The van der Waals surface area contributed by atoms with Crippen molar-refractivity contribution in [1.82, 2.24) is 10.2 Å². The van der Waals surface area contributed by atoms with Crippen molar-refractivity contribution in [3.8, 4) is 0 Å². The second-order valence-electron chi connectivity index (χ2n) is 4.96. The van der Waals surface area contributed by atoms with E-state index in [1.54, 1.807) is 0 Å². The van der Waals surface area contributed by atoms with Gasteiger partial charge in [0.2, 0.25) is 0 Å². The summed E-state index contributed by atoms with van der Waals surface area (Å²) in [7, 11) is 1.28. The largest absolute Gasteiger partial charge is 0.453 e. The summed E-state index contributed by atoms with van der Waals surface area (Å²) >= 11 is 0. The third-order valence-corrected chi connectivity index (χ3v) is 3.26. The Hall–Kier alpha value is -0.980. The number of ether oxygens (including phenoxy) is 1. The molecule has 1 aliphatic rings. The molecule has 4 nitrogen and oxygen atoms in total. The number of carbonyl (C=O) groups is 1. The molecular formula is C12H21F3N2O2. The van der Waals surface area contributed by atoms with Crippen molar-refractivity contribution in [3.05, 3.63) is 0 Å². The van der Waals surface area contributed by atoms with E-state index in [1.165, 1.54) is 12.0 Å². The molecule has 0 spiro atoms. The minimum absolute atomic E-state index is 0.226. The first-order valence-electron chi connectivity index (χ1n) is 6.48. The van der Waals surface area contributed by atoms with Crippen LogP contribution < -0.4 is 5.32 Å². The van der Waals surface area contributed by atoms with Gasteiger partial charge in [0.25, 0.3) is 0 Å². The van der Waals surface area contributed by atoms with Gasteiger partial charge in [-0.2, -0.15) is 13.2 Å². The zero-order chi connectivity index (χ0) is 14.5. The molecule has 0 aromatic carbocycles. The van der Waals surface area contributed by atoms with Crippen LogP contribution in [-0.2, 0) is 4.74 Å². The molecule has 0 bridgehead atoms. The highest BCUT2D eigenvalue weighted by atomic mass is 19.4. The van der Waals surface area contributed by atoms with Crippen LogP contribution in [0.5, 0.6) is 0 Å². The van der Waals surface area contributed by atoms with E-state index in [4.69, 9.17) is 0 Å². The zero-order valence-electron chi connectivity index (χ0n) is 11.3. The minimum atomic E-state index is -4.23. The zero-order valence-corrected chi connectivity index (χ0v) is 11.3. The van der Waals surface area contributed by atoms with Crippen LogP contribution in [-0.4, -0.2) is 50.0 Å². The molecule has 1 aliphatic heterocycles. The number of hydrogen-bond acceptors (Lipinski definition) is 3. The molecule has 0 radical (unpaired) electrons. The summed E-state index contributed by atoms with van der Waals surface area (Å²) in [6.07, 6.45) is -2.19. The maximum absolute atomic E-state index is 12.2. The second-order valence-corrected chi connectivity index (χ2v) is 4.96. The van der Waals surface area contributed by atoms with Gasteiger partial charge < -0.3 is 15.0 Å². The van der Waals surface area contributed by atoms with Crippen LogP contribution in [0.3, 0.4) is 0 Å². The van der Waals surface area contributed by atoms with Crippen LogP contribution in [0.25, 0.3) is 0 Å². The summed E-state index contributed by atoms with van der Waals surface area (Å²) in [5.41, 5.74) is 0. The van der Waals surface area contributed by atoms with E-state index in [0.29, 0.717) is 13.0 Å². The summed E-state index contributed by atoms with van der Waals surface area (Å²) in [6.45, 7) is 1.83. The molecule has 1 rings (SSSR count). The average Bonchev–Trinajstić information content (AvgIpc) is 2.35. The number of carbonyl (C=O) groups excluding carboxylic acids is 1. The number of hydrogen-bond donors (Lipinski definition) is 1. The predicted molar refractivity (Wildman–Crippen MR) is 64.8 cm³/mol. The molecular weight excluding hydrogens is 261 g/mol. The quantitative estimate of drug-likeness (QED) is 0.861. The van der Waals surface area contributed by atoms with Crippen molar-refractivity contribution in [3.63, 3.8) is 0 Å². The third kappa shape index (κ3) is 5.67. The number of amides is 1. The molecule has 2 unspecified atom stereocenters. The van der Waals surface area contributed by atoms with Crippen LogP contribution in [0.15, 0.2) is 0 Å². The van der Waals surface area contributed by atoms with E-state index in [-0.39, 0.29) is 18.5 Å². The van der Waals surface area contributed by atoms with E-state index in [1.807, 2.05) is 6.92 Å². The normalized spacial score (nSPS) is 24.4. The molecule has 7 heteroatoms. The van der Waals surface area contributed by atoms with Gasteiger partial charge in [-0.15, -0.1) is 0 Å². The van der Waals surface area contributed by atoms with Crippen molar-refractivity contribution in [2.45, 2.75) is 38.4 Å². The molecule has 1 N–H and O–H groups in total. The van der Waals surface area contributed by atoms with Gasteiger partial charge in [0.05, 0.1) is 13.7 Å². The number of piperidine rings is 1. The lowest BCUT2D eigenvalue weighted by atomic mass is 9.91. The van der Waals surface area contributed by atoms with Crippen molar-refractivity contribution < 1.29 is 22.7 Å². The Morgan fingerprint density at radius 2 is 2.11 bits per heavy atom. The fraction of sp³-hybridized carbons (Fsp3) is 0.917. The van der Waals surface area contributed by atoms with Crippen molar-refractivity contribution in [2.75, 3.05) is 26.7 Å². The standard InChI is InChI=1S/C12H21F3N2O2/c1-3-4-9-5-10(16-8-12(13,14)15)7-17(6-9)11(18)19-2/h9-10,16H,3-8H2,1-2H3. The van der Waals surface area contributed by atoms with E-state index >= 15 is 0 Å². The summed E-state index contributed by atoms with van der Waals surface area (Å²) < 4.78 is 41.3. The summed E-state index contributed by atoms with van der Waals surface area (Å²) in [5.74, 6) is 0.226. The molecule has 1 amide bonds. The molecule has 19 heavy (non-hydrogen) atoms. The van der Waals surface area contributed by atoms with Gasteiger partial charge in [-0.3, -0.25) is 0 Å². The van der Waals surface area contributed by atoms with Gasteiger partial charge in [0.1, 0.15) is 0 Å². The Kier molecular flexibility index (Phi) is 5.90. The molecule has 0 aromatic heterocycles. The molecule has 2 atom stereocenters. The first-order valence-corrected chi connectivity index (χ1v) is 6.48. The van der Waals surface area contributed by atoms with Gasteiger partial charge in [-0.05, 0) is 18.8 Å². The Labute approximate surface area is 111 Å². The Morgan fingerprint density at radius 1 is 1.42 bits per heavy atom. The number of nitrogens with zero attached hydrogens (tertiary/aromatic N) is 1. The second kappa shape index (κ2) is 6.98. The highest BCUT2D eigenvalue weighted by molar-refractivity contribution is 5.67. The lowest BCUT2D eigenvalue weighted by Crippen LogP contribution is -2.52. The van der Waals surface area contributed by atoms with Gasteiger partial charge >= 0.3 is 12.3 Å². The lowest BCUT2D eigenvalue weighted by molar-refractivity contribution is -0.127. The summed E-state index contributed by atoms with van der Waals surface area (Å²) in [5, 5.41) is 2.48. The number of alkyl halides is 3. The van der Waals surface area contributed by atoms with Gasteiger partial charge in [-0.25, -0.2) is 4.79 Å². The van der Waals surface area contributed by atoms with Gasteiger partial charge in [-0.1, -0.05) is 13.3 Å². The molecule has 1 fully saturated rings. The highest BCUT2D eigenvalue weighted by Gasteiger charge is 2.33. The first kappa shape index (κ1) is 16.1. The lowest BCUT2D eigenvalue weighted by Gasteiger charge is -2.37. The van der Waals surface area contributed by atoms with E-state index in [9.17, 15) is 18.0 Å². The van der Waals surface area contributed by atoms with Gasteiger partial charge in [0.15, 0.2) is 0 Å². The number of methoxy groups -OCH3 is 1. The molecule has 0 aliphatic carbocycles. The monoisotopic (exact) mass is 282 g/mol. The molecule has 0 saturated carbocycles. The number of rotatable bonds is 4. The van der Waals surface area contributed by atoms with Crippen LogP contribution in [0, 0.1) is 5.92 Å². The van der Waals surface area contributed by atoms with Crippen LogP contribution in [0.2, 0.25) is 0 Å². The van der Waals surface area contributed by atoms with E-state index < -0.39 is 18.8 Å². The fourth-order valence-corrected chi connectivity index (χ4v) is 2.51. The molecule has 112 valence electrons. The van der Waals surface area contributed by atoms with Crippen LogP contribution >= 0.6 is 0 Å². The molecule has 1 heterocycles. The number of likely N-dealkylation sites (tertiary alicyclic amines) is 1. The average molecular weight is 282 g/mol. The summed E-state index contributed by atoms with van der Waals surface area (Å²) in [6, 6.07) is -0.328. The minimum Gasteiger partial charge on any atom is -0.453 e. The predicted octanol–water partition coefficient (Wildman–Crippen LogP) is 2.40. The maximum Gasteiger partial charge on any atom is 0.409 e. The van der Waals surface area contributed by atoms with Crippen molar-refractivity contribution in [2.24, 2.45) is 5.92 Å². The Balaban J connectivity index is 2.57. The van der Waals surface area contributed by atoms with E-state index in [0.717, 1.165) is 12.8 Å². The summed E-state index contributed by atoms with van der Waals surface area (Å²) in [4.78, 5) is 13.0. The van der Waals surface area contributed by atoms with Crippen LogP contribution in [0.4, 0.5) is 18.0 Å². The number of nitrogens with one attached hydrogen (secondary N) is 1. The fourth-order valence-electron chi connectivity index (χ4n) is 2.51. The van der Waals surface area contributed by atoms with Gasteiger partial charge in [0, 0.05) is 19.1 Å². The number of halogens is 3.